The summed E-state index contributed by atoms with van der Waals surface area (Å²) in [5, 5.41) is 11.8. The number of hydrogen-bond acceptors (Lipinski definition) is 9. The molecule has 3 aliphatic heterocycles. The van der Waals surface area contributed by atoms with E-state index in [1.165, 1.54) is 24.3 Å². The van der Waals surface area contributed by atoms with Gasteiger partial charge in [-0.15, -0.1) is 6.42 Å². The summed E-state index contributed by atoms with van der Waals surface area (Å²) < 4.78 is 49.7. The zero-order valence-electron chi connectivity index (χ0n) is 27.6. The van der Waals surface area contributed by atoms with Crippen LogP contribution in [0.4, 0.5) is 14.6 Å². The van der Waals surface area contributed by atoms with E-state index >= 15 is 4.39 Å². The van der Waals surface area contributed by atoms with Gasteiger partial charge in [-0.25, -0.2) is 8.78 Å². The van der Waals surface area contributed by atoms with Gasteiger partial charge in [-0.3, -0.25) is 9.88 Å². The molecule has 2 aromatic heterocycles. The maximum Gasteiger partial charge on any atom is 0.319 e. The smallest absolute Gasteiger partial charge is 0.319 e. The van der Waals surface area contributed by atoms with E-state index in [9.17, 15) is 9.50 Å². The first-order valence-electron chi connectivity index (χ1n) is 17.5. The van der Waals surface area contributed by atoms with E-state index in [-0.39, 0.29) is 39.5 Å². The fraction of sp³-hybridized carbons (Fsp3) is 0.500. The van der Waals surface area contributed by atoms with Gasteiger partial charge in [-0.05, 0) is 74.6 Å². The second kappa shape index (κ2) is 13.3. The number of phenolic OH excluding ortho intramolecular Hbond substituents is 1. The van der Waals surface area contributed by atoms with Gasteiger partial charge in [0.2, 0.25) is 0 Å². The first-order chi connectivity index (χ1) is 23.9. The third-order valence-electron chi connectivity index (χ3n) is 11.0. The quantitative estimate of drug-likeness (QED) is 0.235. The molecule has 0 radical (unpaired) electrons. The van der Waals surface area contributed by atoms with Gasteiger partial charge in [0.25, 0.3) is 0 Å². The Labute approximate surface area is 284 Å². The Morgan fingerprint density at radius 1 is 1.02 bits per heavy atom. The van der Waals surface area contributed by atoms with Crippen LogP contribution in [0.5, 0.6) is 11.8 Å². The van der Waals surface area contributed by atoms with E-state index in [0.29, 0.717) is 66.8 Å². The summed E-state index contributed by atoms with van der Waals surface area (Å²) in [5.74, 6) is 2.04. The van der Waals surface area contributed by atoms with Gasteiger partial charge >= 0.3 is 6.01 Å². The summed E-state index contributed by atoms with van der Waals surface area (Å²) in [6, 6.07) is 6.10. The Kier molecular flexibility index (Phi) is 8.72. The predicted molar refractivity (Wildman–Crippen MR) is 183 cm³/mol. The highest BCUT2D eigenvalue weighted by atomic mass is 19.1. The van der Waals surface area contributed by atoms with Crippen LogP contribution in [0.1, 0.15) is 50.5 Å². The molecule has 9 nitrogen and oxygen atoms in total. The zero-order chi connectivity index (χ0) is 33.5. The minimum Gasteiger partial charge on any atom is -0.508 e. The fourth-order valence-corrected chi connectivity index (χ4v) is 8.72. The van der Waals surface area contributed by atoms with Crippen LogP contribution in [-0.2, 0) is 9.47 Å². The van der Waals surface area contributed by atoms with Crippen LogP contribution in [-0.4, -0.2) is 90.2 Å². The van der Waals surface area contributed by atoms with Gasteiger partial charge in [-0.2, -0.15) is 9.97 Å². The van der Waals surface area contributed by atoms with Crippen molar-refractivity contribution in [1.29, 1.82) is 0 Å². The molecule has 5 heterocycles. The number of phenols is 1. The summed E-state index contributed by atoms with van der Waals surface area (Å²) in [5.41, 5.74) is 0.0642. The van der Waals surface area contributed by atoms with Crippen LogP contribution in [0, 0.1) is 35.3 Å². The normalized spacial score (nSPS) is 24.6. The SMILES string of the molecule is C#Cc1c(F)ccc2cc(O)cc(-c3ncc4c(N5CCCOCC5)nc(OC[C@]56CCC[C@H]5N(CC5CCOC5)CCC6)nc4c3F)c12. The molecule has 4 fully saturated rings. The summed E-state index contributed by atoms with van der Waals surface area (Å²) >= 11 is 0. The van der Waals surface area contributed by atoms with Crippen molar-refractivity contribution in [1.82, 2.24) is 19.9 Å². The lowest BCUT2D eigenvalue weighted by molar-refractivity contribution is -0.00804. The van der Waals surface area contributed by atoms with Crippen molar-refractivity contribution < 1.29 is 28.1 Å². The van der Waals surface area contributed by atoms with Crippen LogP contribution in [0.25, 0.3) is 32.9 Å². The Hall–Kier alpha value is -4.11. The summed E-state index contributed by atoms with van der Waals surface area (Å²) in [6.45, 7) is 6.66. The number of benzene rings is 2. The molecule has 2 aromatic carbocycles. The second-order valence-corrected chi connectivity index (χ2v) is 14.0. The summed E-state index contributed by atoms with van der Waals surface area (Å²) in [6.07, 6.45) is 14.7. The Bertz CT molecular complexity index is 1920. The minimum absolute atomic E-state index is 0.0231. The van der Waals surface area contributed by atoms with E-state index in [2.05, 4.69) is 25.7 Å². The molecule has 49 heavy (non-hydrogen) atoms. The Morgan fingerprint density at radius 3 is 2.78 bits per heavy atom. The number of ether oxygens (including phenoxy) is 3. The average Bonchev–Trinajstić information content (AvgIpc) is 3.71. The molecule has 0 bridgehead atoms. The Balaban J connectivity index is 1.20. The molecule has 0 spiro atoms. The molecular formula is C38H41F2N5O4. The predicted octanol–water partition coefficient (Wildman–Crippen LogP) is 6.09. The van der Waals surface area contributed by atoms with Crippen LogP contribution >= 0.6 is 0 Å². The second-order valence-electron chi connectivity index (χ2n) is 14.0. The molecule has 1 unspecified atom stereocenters. The van der Waals surface area contributed by atoms with Crippen molar-refractivity contribution in [2.24, 2.45) is 11.3 Å². The topological polar surface area (TPSA) is 93.1 Å². The number of piperidine rings is 1. The highest BCUT2D eigenvalue weighted by molar-refractivity contribution is 6.03. The molecule has 4 aromatic rings. The maximum atomic E-state index is 16.9. The van der Waals surface area contributed by atoms with Gasteiger partial charge in [0.1, 0.15) is 28.6 Å². The molecule has 1 saturated carbocycles. The number of aromatic nitrogens is 3. The zero-order valence-corrected chi connectivity index (χ0v) is 27.6. The first-order valence-corrected chi connectivity index (χ1v) is 17.5. The van der Waals surface area contributed by atoms with Crippen molar-refractivity contribution >= 4 is 27.5 Å². The van der Waals surface area contributed by atoms with Crippen LogP contribution in [0.2, 0.25) is 0 Å². The summed E-state index contributed by atoms with van der Waals surface area (Å²) in [7, 11) is 0. The number of pyridine rings is 1. The van der Waals surface area contributed by atoms with Crippen molar-refractivity contribution in [2.45, 2.75) is 51.0 Å². The number of rotatable bonds is 7. The molecular weight excluding hydrogens is 628 g/mol. The maximum absolute atomic E-state index is 16.9. The third-order valence-corrected chi connectivity index (χ3v) is 11.0. The number of likely N-dealkylation sites (tertiary alicyclic amines) is 1. The van der Waals surface area contributed by atoms with Crippen molar-refractivity contribution in [3.63, 3.8) is 0 Å². The Morgan fingerprint density at radius 2 is 1.92 bits per heavy atom. The molecule has 0 amide bonds. The van der Waals surface area contributed by atoms with E-state index < -0.39 is 11.6 Å². The van der Waals surface area contributed by atoms with Gasteiger partial charge in [0.15, 0.2) is 5.82 Å². The third kappa shape index (κ3) is 5.94. The minimum atomic E-state index is -0.726. The van der Waals surface area contributed by atoms with Gasteiger partial charge < -0.3 is 24.2 Å². The monoisotopic (exact) mass is 669 g/mol. The van der Waals surface area contributed by atoms with Crippen LogP contribution in [0.3, 0.4) is 0 Å². The number of aromatic hydroxyl groups is 1. The summed E-state index contributed by atoms with van der Waals surface area (Å²) in [4.78, 5) is 18.8. The molecule has 1 aliphatic carbocycles. The molecule has 3 saturated heterocycles. The van der Waals surface area contributed by atoms with Gasteiger partial charge in [-0.1, -0.05) is 18.4 Å². The standard InChI is InChI=1S/C38H41F2N5O4/c1-2-27-30(39)8-7-25-18-26(46)19-28(32(25)27)34-33(40)35-29(20-41-34)36(44-13-5-15-47-17-14-44)43-37(42-35)49-23-38-10-3-6-31(38)45(12-4-11-38)21-24-9-16-48-22-24/h1,7-8,18-20,24,31,46H,3-6,9-17,21-23H2/t24?,31-,38-/m1/s1. The molecule has 8 rings (SSSR count). The number of nitrogens with zero attached hydrogens (tertiary/aromatic N) is 5. The first kappa shape index (κ1) is 32.1. The van der Waals surface area contributed by atoms with E-state index in [1.54, 1.807) is 6.20 Å². The largest absolute Gasteiger partial charge is 0.508 e. The lowest BCUT2D eigenvalue weighted by atomic mass is 9.75. The molecule has 3 atom stereocenters. The highest BCUT2D eigenvalue weighted by Gasteiger charge is 2.49. The molecule has 256 valence electrons. The number of fused-ring (bicyclic) bond motifs is 3. The van der Waals surface area contributed by atoms with E-state index in [1.807, 2.05) is 0 Å². The van der Waals surface area contributed by atoms with E-state index in [0.717, 1.165) is 71.2 Å². The van der Waals surface area contributed by atoms with Crippen molar-refractivity contribution in [2.75, 3.05) is 64.1 Å². The molecule has 4 aliphatic rings. The van der Waals surface area contributed by atoms with Gasteiger partial charge in [0.05, 0.1) is 30.8 Å². The van der Waals surface area contributed by atoms with Crippen molar-refractivity contribution in [3.05, 3.63) is 47.7 Å². The van der Waals surface area contributed by atoms with Crippen molar-refractivity contribution in [3.8, 4) is 35.4 Å². The molecule has 11 heteroatoms. The molecule has 1 N–H and O–H groups in total. The number of hydrogen-bond donors (Lipinski definition) is 1. The average molecular weight is 670 g/mol. The fourth-order valence-electron chi connectivity index (χ4n) is 8.72. The lowest BCUT2D eigenvalue weighted by Gasteiger charge is -2.46. The number of anilines is 1. The van der Waals surface area contributed by atoms with Crippen LogP contribution in [0.15, 0.2) is 30.5 Å². The number of terminal acetylenes is 1. The number of halogens is 2. The van der Waals surface area contributed by atoms with Gasteiger partial charge in [0, 0.05) is 61.5 Å². The van der Waals surface area contributed by atoms with E-state index in [4.69, 9.17) is 25.6 Å². The van der Waals surface area contributed by atoms with Crippen LogP contribution < -0.4 is 9.64 Å². The lowest BCUT2D eigenvalue weighted by Crippen LogP contribution is -2.53. The highest BCUT2D eigenvalue weighted by Crippen LogP contribution is 2.48.